The summed E-state index contributed by atoms with van der Waals surface area (Å²) in [4.78, 5) is 0.388. The van der Waals surface area contributed by atoms with Gasteiger partial charge in [-0.25, -0.2) is 0 Å². The number of thiocarbonyl (C=S) groups is 1. The van der Waals surface area contributed by atoms with Gasteiger partial charge in [0.1, 0.15) is 17.3 Å². The van der Waals surface area contributed by atoms with Crippen molar-refractivity contribution in [3.63, 3.8) is 0 Å². The number of benzene rings is 1. The van der Waals surface area contributed by atoms with Crippen molar-refractivity contribution in [2.75, 3.05) is 33.5 Å². The van der Waals surface area contributed by atoms with Gasteiger partial charge in [0, 0.05) is 12.7 Å². The van der Waals surface area contributed by atoms with Crippen LogP contribution in [0.25, 0.3) is 0 Å². The topological polar surface area (TPSA) is 53.7 Å². The summed E-state index contributed by atoms with van der Waals surface area (Å²) in [6.45, 7) is 2.24. The van der Waals surface area contributed by atoms with Crippen LogP contribution in [0.4, 0.5) is 0 Å². The van der Waals surface area contributed by atoms with Crippen LogP contribution in [0.1, 0.15) is 5.56 Å². The third kappa shape index (κ3) is 5.63. The smallest absolute Gasteiger partial charge is 0.119 e. The van der Waals surface area contributed by atoms with Crippen LogP contribution in [0.5, 0.6) is 5.75 Å². The Morgan fingerprint density at radius 3 is 2.35 bits per heavy atom. The SMILES string of the molecule is COCCOCCOc1ccc(C(N)=S)cc1. The Balaban J connectivity index is 2.21. The van der Waals surface area contributed by atoms with E-state index in [1.165, 1.54) is 0 Å². The number of methoxy groups -OCH3 is 1. The number of hydrogen-bond donors (Lipinski definition) is 1. The molecule has 0 aromatic heterocycles. The maximum Gasteiger partial charge on any atom is 0.119 e. The lowest BCUT2D eigenvalue weighted by Crippen LogP contribution is -2.11. The molecule has 0 spiro atoms. The number of nitrogens with two attached hydrogens (primary N) is 1. The molecule has 1 aromatic rings. The Morgan fingerprint density at radius 1 is 1.12 bits per heavy atom. The van der Waals surface area contributed by atoms with Gasteiger partial charge in [-0.3, -0.25) is 0 Å². The van der Waals surface area contributed by atoms with Gasteiger partial charge in [-0.15, -0.1) is 0 Å². The second kappa shape index (κ2) is 8.00. The normalized spacial score (nSPS) is 10.2. The molecule has 5 heteroatoms. The molecule has 0 aliphatic rings. The van der Waals surface area contributed by atoms with E-state index in [2.05, 4.69) is 0 Å². The van der Waals surface area contributed by atoms with Crippen molar-refractivity contribution in [1.29, 1.82) is 0 Å². The Labute approximate surface area is 107 Å². The quantitative estimate of drug-likeness (QED) is 0.561. The van der Waals surface area contributed by atoms with E-state index in [4.69, 9.17) is 32.2 Å². The molecule has 0 unspecified atom stereocenters. The maximum atomic E-state index is 5.49. The monoisotopic (exact) mass is 255 g/mol. The molecule has 0 fully saturated rings. The molecule has 17 heavy (non-hydrogen) atoms. The fourth-order valence-electron chi connectivity index (χ4n) is 1.18. The summed E-state index contributed by atoms with van der Waals surface area (Å²) >= 11 is 4.86. The minimum absolute atomic E-state index is 0.388. The Kier molecular flexibility index (Phi) is 6.54. The van der Waals surface area contributed by atoms with E-state index in [0.717, 1.165) is 11.3 Å². The van der Waals surface area contributed by atoms with Crippen LogP contribution in [-0.4, -0.2) is 38.5 Å². The first-order valence-corrected chi connectivity index (χ1v) is 5.74. The molecule has 0 heterocycles. The van der Waals surface area contributed by atoms with Crippen molar-refractivity contribution in [1.82, 2.24) is 0 Å². The average molecular weight is 255 g/mol. The van der Waals surface area contributed by atoms with E-state index in [1.807, 2.05) is 24.3 Å². The van der Waals surface area contributed by atoms with Crippen molar-refractivity contribution >= 4 is 17.2 Å². The van der Waals surface area contributed by atoms with Gasteiger partial charge < -0.3 is 19.9 Å². The molecular formula is C12H17NO3S. The predicted molar refractivity (Wildman–Crippen MR) is 70.5 cm³/mol. The lowest BCUT2D eigenvalue weighted by Gasteiger charge is -2.07. The summed E-state index contributed by atoms with van der Waals surface area (Å²) in [6.07, 6.45) is 0. The molecule has 0 bridgehead atoms. The predicted octanol–water partition coefficient (Wildman–Crippen LogP) is 1.36. The highest BCUT2D eigenvalue weighted by molar-refractivity contribution is 7.80. The van der Waals surface area contributed by atoms with Crippen LogP contribution in [0, 0.1) is 0 Å². The second-order valence-corrected chi connectivity index (χ2v) is 3.78. The van der Waals surface area contributed by atoms with Crippen LogP contribution in [-0.2, 0) is 9.47 Å². The van der Waals surface area contributed by atoms with Gasteiger partial charge in [-0.2, -0.15) is 0 Å². The average Bonchev–Trinajstić information content (AvgIpc) is 2.34. The van der Waals surface area contributed by atoms with Gasteiger partial charge in [-0.1, -0.05) is 12.2 Å². The van der Waals surface area contributed by atoms with Crippen LogP contribution >= 0.6 is 12.2 Å². The standard InChI is InChI=1S/C12H17NO3S/c1-14-6-7-15-8-9-16-11-4-2-10(3-5-11)12(13)17/h2-5H,6-9H2,1H3,(H2,13,17). The number of hydrogen-bond acceptors (Lipinski definition) is 4. The molecule has 0 saturated heterocycles. The van der Waals surface area contributed by atoms with Crippen LogP contribution in [0.2, 0.25) is 0 Å². The van der Waals surface area contributed by atoms with Crippen LogP contribution < -0.4 is 10.5 Å². The molecular weight excluding hydrogens is 238 g/mol. The highest BCUT2D eigenvalue weighted by atomic mass is 32.1. The van der Waals surface area contributed by atoms with E-state index in [1.54, 1.807) is 7.11 Å². The van der Waals surface area contributed by atoms with Crippen molar-refractivity contribution in [2.24, 2.45) is 5.73 Å². The van der Waals surface area contributed by atoms with Crippen molar-refractivity contribution in [3.05, 3.63) is 29.8 Å². The number of rotatable bonds is 8. The summed E-state index contributed by atoms with van der Waals surface area (Å²) in [7, 11) is 1.64. The minimum Gasteiger partial charge on any atom is -0.491 e. The van der Waals surface area contributed by atoms with E-state index in [9.17, 15) is 0 Å². The van der Waals surface area contributed by atoms with Gasteiger partial charge >= 0.3 is 0 Å². The lowest BCUT2D eigenvalue weighted by molar-refractivity contribution is 0.0544. The molecule has 2 N–H and O–H groups in total. The molecule has 0 aliphatic carbocycles. The fourth-order valence-corrected chi connectivity index (χ4v) is 1.31. The van der Waals surface area contributed by atoms with E-state index < -0.39 is 0 Å². The van der Waals surface area contributed by atoms with E-state index in [0.29, 0.717) is 31.4 Å². The minimum atomic E-state index is 0.388. The fraction of sp³-hybridized carbons (Fsp3) is 0.417. The van der Waals surface area contributed by atoms with E-state index >= 15 is 0 Å². The Hall–Kier alpha value is -1.17. The first-order chi connectivity index (χ1) is 8.24. The largest absolute Gasteiger partial charge is 0.491 e. The van der Waals surface area contributed by atoms with Gasteiger partial charge in [0.05, 0.1) is 19.8 Å². The molecule has 0 amide bonds. The zero-order valence-corrected chi connectivity index (χ0v) is 10.7. The number of ether oxygens (including phenoxy) is 3. The van der Waals surface area contributed by atoms with Crippen LogP contribution in [0.15, 0.2) is 24.3 Å². The highest BCUT2D eigenvalue weighted by Crippen LogP contribution is 2.11. The van der Waals surface area contributed by atoms with Crippen molar-refractivity contribution in [3.8, 4) is 5.75 Å². The molecule has 0 atom stereocenters. The second-order valence-electron chi connectivity index (χ2n) is 3.34. The zero-order valence-electron chi connectivity index (χ0n) is 9.85. The maximum absolute atomic E-state index is 5.49. The molecule has 4 nitrogen and oxygen atoms in total. The summed E-state index contributed by atoms with van der Waals surface area (Å²) in [5.74, 6) is 0.778. The first kappa shape index (κ1) is 13.9. The summed E-state index contributed by atoms with van der Waals surface area (Å²) in [5, 5.41) is 0. The Bertz CT molecular complexity index is 340. The van der Waals surface area contributed by atoms with Crippen molar-refractivity contribution < 1.29 is 14.2 Å². The van der Waals surface area contributed by atoms with Gasteiger partial charge in [0.25, 0.3) is 0 Å². The molecule has 1 aromatic carbocycles. The summed E-state index contributed by atoms with van der Waals surface area (Å²) in [5.41, 5.74) is 6.33. The molecule has 0 aliphatic heterocycles. The molecule has 94 valence electrons. The summed E-state index contributed by atoms with van der Waals surface area (Å²) in [6, 6.07) is 7.35. The highest BCUT2D eigenvalue weighted by Gasteiger charge is 1.97. The van der Waals surface area contributed by atoms with Gasteiger partial charge in [0.2, 0.25) is 0 Å². The third-order valence-corrected chi connectivity index (χ3v) is 2.30. The first-order valence-electron chi connectivity index (χ1n) is 5.33. The zero-order chi connectivity index (χ0) is 12.5. The molecule has 1 rings (SSSR count). The van der Waals surface area contributed by atoms with E-state index in [-0.39, 0.29) is 0 Å². The summed E-state index contributed by atoms with van der Waals surface area (Å²) < 4.78 is 15.6. The van der Waals surface area contributed by atoms with Crippen LogP contribution in [0.3, 0.4) is 0 Å². The van der Waals surface area contributed by atoms with Gasteiger partial charge in [-0.05, 0) is 24.3 Å². The van der Waals surface area contributed by atoms with Gasteiger partial charge in [0.15, 0.2) is 0 Å². The molecule has 0 saturated carbocycles. The third-order valence-electron chi connectivity index (χ3n) is 2.07. The Morgan fingerprint density at radius 2 is 1.76 bits per heavy atom. The molecule has 0 radical (unpaired) electrons. The lowest BCUT2D eigenvalue weighted by atomic mass is 10.2. The van der Waals surface area contributed by atoms with Crippen molar-refractivity contribution in [2.45, 2.75) is 0 Å².